The van der Waals surface area contributed by atoms with Crippen molar-refractivity contribution in [2.45, 2.75) is 6.04 Å². The van der Waals surface area contributed by atoms with Crippen LogP contribution in [-0.4, -0.2) is 20.3 Å². The van der Waals surface area contributed by atoms with Gasteiger partial charge in [-0.3, -0.25) is 0 Å². The molecule has 0 aliphatic carbocycles. The average molecular weight is 354 g/mol. The van der Waals surface area contributed by atoms with Gasteiger partial charge in [0.1, 0.15) is 18.2 Å². The van der Waals surface area contributed by atoms with E-state index in [0.717, 1.165) is 10.0 Å². The lowest BCUT2D eigenvalue weighted by atomic mass is 9.98. The third-order valence-electron chi connectivity index (χ3n) is 3.09. The zero-order valence-electron chi connectivity index (χ0n) is 11.7. The molecule has 0 amide bonds. The molecule has 0 saturated carbocycles. The van der Waals surface area contributed by atoms with Crippen LogP contribution in [0.5, 0.6) is 5.75 Å². The second-order valence-electron chi connectivity index (χ2n) is 4.52. The Bertz CT molecular complexity index is 607. The number of hydrogen-bond donors (Lipinski definition) is 1. The molecular weight excluding hydrogens is 337 g/mol. The van der Waals surface area contributed by atoms with Gasteiger partial charge in [0.15, 0.2) is 0 Å². The minimum absolute atomic E-state index is 0.336. The molecule has 0 bridgehead atoms. The summed E-state index contributed by atoms with van der Waals surface area (Å²) >= 11 is 3.34. The highest BCUT2D eigenvalue weighted by molar-refractivity contribution is 9.10. The molecule has 0 radical (unpaired) electrons. The summed E-state index contributed by atoms with van der Waals surface area (Å²) in [6.07, 6.45) is 0. The van der Waals surface area contributed by atoms with E-state index in [1.54, 1.807) is 19.2 Å². The lowest BCUT2D eigenvalue weighted by molar-refractivity contribution is 0.145. The van der Waals surface area contributed by atoms with E-state index in [0.29, 0.717) is 24.5 Å². The highest BCUT2D eigenvalue weighted by Crippen LogP contribution is 2.31. The largest absolute Gasteiger partial charge is 0.491 e. The van der Waals surface area contributed by atoms with E-state index < -0.39 is 6.04 Å². The molecule has 0 aliphatic rings. The Labute approximate surface area is 132 Å². The average Bonchev–Trinajstić information content (AvgIpc) is 2.50. The topological polar surface area (TPSA) is 44.5 Å². The van der Waals surface area contributed by atoms with E-state index in [4.69, 9.17) is 15.2 Å². The maximum absolute atomic E-state index is 14.0. The number of methoxy groups -OCH3 is 1. The fraction of sp³-hybridized carbons (Fsp3) is 0.250. The summed E-state index contributed by atoms with van der Waals surface area (Å²) in [6, 6.07) is 11.5. The van der Waals surface area contributed by atoms with Crippen LogP contribution in [-0.2, 0) is 4.74 Å². The third-order valence-corrected chi connectivity index (χ3v) is 3.59. The van der Waals surface area contributed by atoms with Gasteiger partial charge in [-0.05, 0) is 24.3 Å². The van der Waals surface area contributed by atoms with Crippen molar-refractivity contribution in [1.29, 1.82) is 0 Å². The molecule has 0 aliphatic heterocycles. The van der Waals surface area contributed by atoms with Crippen molar-refractivity contribution in [3.05, 3.63) is 63.9 Å². The molecule has 1 unspecified atom stereocenters. The summed E-state index contributed by atoms with van der Waals surface area (Å²) in [5.74, 6) is 0.304. The van der Waals surface area contributed by atoms with Crippen molar-refractivity contribution in [2.75, 3.05) is 20.3 Å². The van der Waals surface area contributed by atoms with Crippen molar-refractivity contribution < 1.29 is 13.9 Å². The molecule has 0 fully saturated rings. The van der Waals surface area contributed by atoms with Crippen LogP contribution >= 0.6 is 15.9 Å². The third kappa shape index (κ3) is 4.03. The lowest BCUT2D eigenvalue weighted by Gasteiger charge is -2.18. The molecule has 5 heteroatoms. The van der Waals surface area contributed by atoms with Crippen LogP contribution < -0.4 is 10.5 Å². The first-order chi connectivity index (χ1) is 10.1. The van der Waals surface area contributed by atoms with Crippen LogP contribution in [0.15, 0.2) is 46.9 Å². The van der Waals surface area contributed by atoms with Gasteiger partial charge in [0.25, 0.3) is 0 Å². The predicted octanol–water partition coefficient (Wildman–Crippen LogP) is 3.66. The maximum atomic E-state index is 14.0. The predicted molar refractivity (Wildman–Crippen MR) is 83.9 cm³/mol. The quantitative estimate of drug-likeness (QED) is 0.806. The fourth-order valence-corrected chi connectivity index (χ4v) is 2.40. The van der Waals surface area contributed by atoms with Gasteiger partial charge in [0.2, 0.25) is 0 Å². The molecule has 1 atom stereocenters. The highest BCUT2D eigenvalue weighted by Gasteiger charge is 2.17. The highest BCUT2D eigenvalue weighted by atomic mass is 79.9. The van der Waals surface area contributed by atoms with Gasteiger partial charge < -0.3 is 15.2 Å². The van der Waals surface area contributed by atoms with Crippen LogP contribution in [0.2, 0.25) is 0 Å². The Hall–Kier alpha value is -1.43. The number of hydrogen-bond acceptors (Lipinski definition) is 3. The van der Waals surface area contributed by atoms with Crippen LogP contribution in [0, 0.1) is 5.82 Å². The number of para-hydroxylation sites is 1. The summed E-state index contributed by atoms with van der Waals surface area (Å²) in [4.78, 5) is 0. The van der Waals surface area contributed by atoms with Gasteiger partial charge in [-0.1, -0.05) is 34.1 Å². The number of nitrogens with two attached hydrogens (primary N) is 1. The minimum atomic E-state index is -0.596. The maximum Gasteiger partial charge on any atom is 0.128 e. The van der Waals surface area contributed by atoms with Crippen molar-refractivity contribution in [3.63, 3.8) is 0 Å². The molecule has 2 aromatic carbocycles. The summed E-state index contributed by atoms with van der Waals surface area (Å²) in [5.41, 5.74) is 7.38. The lowest BCUT2D eigenvalue weighted by Crippen LogP contribution is -2.16. The molecule has 3 nitrogen and oxygen atoms in total. The van der Waals surface area contributed by atoms with Crippen molar-refractivity contribution >= 4 is 15.9 Å². The molecule has 0 heterocycles. The van der Waals surface area contributed by atoms with E-state index in [-0.39, 0.29) is 5.82 Å². The van der Waals surface area contributed by atoms with Gasteiger partial charge in [0, 0.05) is 22.7 Å². The first kappa shape index (κ1) is 15.9. The second kappa shape index (κ2) is 7.54. The van der Waals surface area contributed by atoms with Gasteiger partial charge in [-0.2, -0.15) is 0 Å². The molecule has 2 rings (SSSR count). The zero-order valence-corrected chi connectivity index (χ0v) is 13.3. The summed E-state index contributed by atoms with van der Waals surface area (Å²) < 4.78 is 25.4. The van der Waals surface area contributed by atoms with Crippen molar-refractivity contribution in [1.82, 2.24) is 0 Å². The summed E-state index contributed by atoms with van der Waals surface area (Å²) in [5, 5.41) is 0. The van der Waals surface area contributed by atoms with E-state index in [9.17, 15) is 4.39 Å². The Morgan fingerprint density at radius 3 is 2.67 bits per heavy atom. The summed E-state index contributed by atoms with van der Waals surface area (Å²) in [6.45, 7) is 0.899. The smallest absolute Gasteiger partial charge is 0.128 e. The molecule has 2 N–H and O–H groups in total. The number of benzene rings is 2. The second-order valence-corrected chi connectivity index (χ2v) is 5.44. The van der Waals surface area contributed by atoms with E-state index >= 15 is 0 Å². The van der Waals surface area contributed by atoms with Crippen LogP contribution in [0.3, 0.4) is 0 Å². The van der Waals surface area contributed by atoms with Crippen LogP contribution in [0.4, 0.5) is 4.39 Å². The molecule has 2 aromatic rings. The fourth-order valence-electron chi connectivity index (χ4n) is 2.02. The molecule has 0 saturated heterocycles. The number of rotatable bonds is 6. The van der Waals surface area contributed by atoms with Gasteiger partial charge in [-0.15, -0.1) is 0 Å². The van der Waals surface area contributed by atoms with Gasteiger partial charge in [0.05, 0.1) is 12.6 Å². The molecule has 0 spiro atoms. The Morgan fingerprint density at radius 1 is 1.14 bits per heavy atom. The minimum Gasteiger partial charge on any atom is -0.491 e. The van der Waals surface area contributed by atoms with Gasteiger partial charge in [-0.25, -0.2) is 4.39 Å². The number of halogens is 2. The molecular formula is C16H17BrFNO2. The Morgan fingerprint density at radius 2 is 1.90 bits per heavy atom. The van der Waals surface area contributed by atoms with E-state index in [1.807, 2.05) is 24.3 Å². The molecule has 112 valence electrons. The van der Waals surface area contributed by atoms with Crippen LogP contribution in [0.1, 0.15) is 17.2 Å². The standard InChI is InChI=1S/C16H17BrFNO2/c1-20-8-9-21-15-5-3-2-4-12(15)16(19)13-10-11(17)6-7-14(13)18/h2-7,10,16H,8-9,19H2,1H3. The van der Waals surface area contributed by atoms with Crippen LogP contribution in [0.25, 0.3) is 0 Å². The first-order valence-electron chi connectivity index (χ1n) is 6.54. The first-order valence-corrected chi connectivity index (χ1v) is 7.34. The van der Waals surface area contributed by atoms with E-state index in [2.05, 4.69) is 15.9 Å². The van der Waals surface area contributed by atoms with E-state index in [1.165, 1.54) is 6.07 Å². The van der Waals surface area contributed by atoms with Gasteiger partial charge >= 0.3 is 0 Å². The van der Waals surface area contributed by atoms with Crippen molar-refractivity contribution in [3.8, 4) is 5.75 Å². The monoisotopic (exact) mass is 353 g/mol. The molecule has 21 heavy (non-hydrogen) atoms. The van der Waals surface area contributed by atoms with Crippen molar-refractivity contribution in [2.24, 2.45) is 5.73 Å². The SMILES string of the molecule is COCCOc1ccccc1C(N)c1cc(Br)ccc1F. The number of ether oxygens (including phenoxy) is 2. The Kier molecular flexibility index (Phi) is 5.73. The summed E-state index contributed by atoms with van der Waals surface area (Å²) in [7, 11) is 1.61. The molecule has 0 aromatic heterocycles. The zero-order chi connectivity index (χ0) is 15.2. The Balaban J connectivity index is 2.30. The normalized spacial score (nSPS) is 12.2.